The lowest BCUT2D eigenvalue weighted by molar-refractivity contribution is -0.203. The number of carbonyl (C=O) groups excluding carboxylic acids is 1. The van der Waals surface area contributed by atoms with Crippen LogP contribution in [0.15, 0.2) is 6.07 Å². The lowest BCUT2D eigenvalue weighted by atomic mass is 9.44. The summed E-state index contributed by atoms with van der Waals surface area (Å²) in [5.41, 5.74) is 2.71. The molecule has 3 fully saturated rings. The zero-order chi connectivity index (χ0) is 25.3. The van der Waals surface area contributed by atoms with Crippen LogP contribution in [0.1, 0.15) is 89.2 Å². The fraction of sp³-hybridized carbons (Fsp3) is 0.759. The number of amides is 1. The number of hydrogen-bond acceptors (Lipinski definition) is 4. The van der Waals surface area contributed by atoms with Crippen LogP contribution in [0, 0.1) is 22.7 Å². The monoisotopic (exact) mass is 497 g/mol. The Morgan fingerprint density at radius 3 is 2.54 bits per heavy atom. The van der Waals surface area contributed by atoms with Crippen LogP contribution < -0.4 is 14.5 Å². The molecular weight excluding hydrogens is 454 g/mol. The van der Waals surface area contributed by atoms with Crippen molar-refractivity contribution in [2.24, 2.45) is 22.7 Å². The summed E-state index contributed by atoms with van der Waals surface area (Å²) in [5.74, 6) is 2.76. The van der Waals surface area contributed by atoms with E-state index in [-0.39, 0.29) is 33.5 Å². The molecule has 3 heterocycles. The van der Waals surface area contributed by atoms with Gasteiger partial charge in [0.05, 0.1) is 17.8 Å². The van der Waals surface area contributed by atoms with Crippen LogP contribution >= 0.6 is 0 Å². The normalized spacial score (nSPS) is 38.7. The quantitative estimate of drug-likeness (QED) is 0.388. The van der Waals surface area contributed by atoms with Gasteiger partial charge in [0.25, 0.3) is 5.91 Å². The van der Waals surface area contributed by atoms with E-state index in [1.54, 1.807) is 0 Å². The zero-order valence-electron chi connectivity index (χ0n) is 23.1. The summed E-state index contributed by atoms with van der Waals surface area (Å²) in [6.45, 7) is 21.6. The van der Waals surface area contributed by atoms with Gasteiger partial charge >= 0.3 is 0 Å². The van der Waals surface area contributed by atoms with Crippen molar-refractivity contribution in [3.63, 3.8) is 0 Å². The zero-order valence-corrected chi connectivity index (χ0v) is 24.1. The average molecular weight is 498 g/mol. The number of ether oxygens (including phenoxy) is 2. The molecule has 0 aromatic heterocycles. The first-order valence-electron chi connectivity index (χ1n) is 13.6. The standard InChI is InChI=1S/C29H43NO4Si/c1-16-10-11-22-27(5,6)24-21(32-24)14-29(22)28(16,7)13-18-20(34-35(8,9)26(2,3)4)12-17-19(23(18)33-29)15-30-25(17)31/h12,16,21-22,24H,10-11,13-15H2,1-9H3,(H,30,31)/t16-,21-,22-,24-,28+,29-/m0/s1. The predicted octanol–water partition coefficient (Wildman–Crippen LogP) is 6.24. The molecule has 0 bridgehead atoms. The Morgan fingerprint density at radius 2 is 1.86 bits per heavy atom. The van der Waals surface area contributed by atoms with Crippen molar-refractivity contribution in [3.8, 4) is 11.5 Å². The molecule has 2 saturated carbocycles. The number of nitrogens with one attached hydrogen (secondary N) is 1. The van der Waals surface area contributed by atoms with E-state index in [4.69, 9.17) is 13.9 Å². The summed E-state index contributed by atoms with van der Waals surface area (Å²) >= 11 is 0. The summed E-state index contributed by atoms with van der Waals surface area (Å²) in [5, 5.41) is 3.13. The van der Waals surface area contributed by atoms with Crippen LogP contribution in [-0.2, 0) is 17.7 Å². The van der Waals surface area contributed by atoms with E-state index in [2.05, 4.69) is 66.9 Å². The van der Waals surface area contributed by atoms with E-state index >= 15 is 0 Å². The van der Waals surface area contributed by atoms with E-state index < -0.39 is 8.32 Å². The molecule has 5 nitrogen and oxygen atoms in total. The summed E-state index contributed by atoms with van der Waals surface area (Å²) in [6, 6.07) is 2.03. The Hall–Kier alpha value is -1.53. The maximum Gasteiger partial charge on any atom is 0.252 e. The Kier molecular flexibility index (Phi) is 4.67. The second kappa shape index (κ2) is 6.86. The molecule has 3 aliphatic heterocycles. The average Bonchev–Trinajstić information content (AvgIpc) is 3.43. The molecule has 2 aliphatic carbocycles. The Labute approximate surface area is 211 Å². The third-order valence-electron chi connectivity index (χ3n) is 11.3. The number of rotatable bonds is 2. The lowest BCUT2D eigenvalue weighted by Crippen LogP contribution is -2.69. The molecule has 1 N–H and O–H groups in total. The highest BCUT2D eigenvalue weighted by molar-refractivity contribution is 6.74. The van der Waals surface area contributed by atoms with Crippen LogP contribution in [0.2, 0.25) is 18.1 Å². The van der Waals surface area contributed by atoms with Gasteiger partial charge in [-0.1, -0.05) is 48.5 Å². The molecule has 1 saturated heterocycles. The molecule has 0 unspecified atom stereocenters. The molecule has 1 aromatic rings. The minimum atomic E-state index is -2.12. The van der Waals surface area contributed by atoms with Crippen molar-refractivity contribution in [1.82, 2.24) is 5.32 Å². The van der Waals surface area contributed by atoms with Gasteiger partial charge in [0.1, 0.15) is 17.1 Å². The number of benzene rings is 1. The van der Waals surface area contributed by atoms with Gasteiger partial charge in [-0.25, -0.2) is 0 Å². The molecule has 5 aliphatic rings. The maximum atomic E-state index is 12.9. The van der Waals surface area contributed by atoms with Crippen molar-refractivity contribution >= 4 is 14.2 Å². The number of hydrogen-bond donors (Lipinski definition) is 1. The van der Waals surface area contributed by atoms with Crippen molar-refractivity contribution in [2.45, 2.75) is 117 Å². The van der Waals surface area contributed by atoms with Crippen molar-refractivity contribution < 1.29 is 18.7 Å². The van der Waals surface area contributed by atoms with E-state index in [1.807, 2.05) is 6.07 Å². The maximum absolute atomic E-state index is 12.9. The van der Waals surface area contributed by atoms with Crippen molar-refractivity contribution in [3.05, 3.63) is 22.8 Å². The Balaban J connectivity index is 1.55. The Morgan fingerprint density at radius 1 is 1.14 bits per heavy atom. The van der Waals surface area contributed by atoms with Gasteiger partial charge in [-0.2, -0.15) is 0 Å². The van der Waals surface area contributed by atoms with Crippen LogP contribution in [0.25, 0.3) is 0 Å². The smallest absolute Gasteiger partial charge is 0.252 e. The lowest BCUT2D eigenvalue weighted by Gasteiger charge is -2.65. The highest BCUT2D eigenvalue weighted by atomic mass is 28.4. The van der Waals surface area contributed by atoms with Gasteiger partial charge in [0.2, 0.25) is 8.32 Å². The van der Waals surface area contributed by atoms with E-state index in [0.29, 0.717) is 24.5 Å². The largest absolute Gasteiger partial charge is 0.543 e. The summed E-state index contributed by atoms with van der Waals surface area (Å²) in [6.07, 6.45) is 4.90. The van der Waals surface area contributed by atoms with Crippen LogP contribution in [-0.4, -0.2) is 32.0 Å². The minimum Gasteiger partial charge on any atom is -0.543 e. The van der Waals surface area contributed by atoms with Gasteiger partial charge < -0.3 is 19.2 Å². The number of carbonyl (C=O) groups is 1. The van der Waals surface area contributed by atoms with Gasteiger partial charge in [-0.15, -0.1) is 0 Å². The highest BCUT2D eigenvalue weighted by Crippen LogP contribution is 2.70. The van der Waals surface area contributed by atoms with Crippen LogP contribution in [0.4, 0.5) is 0 Å². The summed E-state index contributed by atoms with van der Waals surface area (Å²) in [7, 11) is -2.12. The third kappa shape index (κ3) is 2.99. The van der Waals surface area contributed by atoms with Crippen LogP contribution in [0.3, 0.4) is 0 Å². The molecule has 1 aromatic carbocycles. The van der Waals surface area contributed by atoms with Gasteiger partial charge in [0.15, 0.2) is 0 Å². The second-order valence-electron chi connectivity index (χ2n) is 14.5. The molecule has 0 radical (unpaired) electrons. The molecule has 192 valence electrons. The second-order valence-corrected chi connectivity index (χ2v) is 19.2. The van der Waals surface area contributed by atoms with E-state index in [9.17, 15) is 4.79 Å². The SMILES string of the molecule is C[C@H]1CC[C@H]2C(C)(C)[C@H]3O[C@H]3C[C@]23Oc2c(c(O[Si](C)(C)C(C)(C)C)cc4c2CNC4=O)C[C@]13C. The highest BCUT2D eigenvalue weighted by Gasteiger charge is 2.74. The third-order valence-corrected chi connectivity index (χ3v) is 15.7. The predicted molar refractivity (Wildman–Crippen MR) is 140 cm³/mol. The fourth-order valence-electron chi connectivity index (χ4n) is 7.86. The molecular formula is C29H43NO4Si. The fourth-order valence-corrected chi connectivity index (χ4v) is 8.90. The molecule has 6 rings (SSSR count). The molecule has 1 spiro atoms. The van der Waals surface area contributed by atoms with Gasteiger partial charge in [-0.3, -0.25) is 4.79 Å². The minimum absolute atomic E-state index is 0.0135. The topological polar surface area (TPSA) is 60.1 Å². The molecule has 35 heavy (non-hydrogen) atoms. The van der Waals surface area contributed by atoms with E-state index in [1.165, 1.54) is 18.4 Å². The Bertz CT molecular complexity index is 1120. The van der Waals surface area contributed by atoms with Gasteiger partial charge in [-0.05, 0) is 49.4 Å². The summed E-state index contributed by atoms with van der Waals surface area (Å²) < 4.78 is 20.7. The number of epoxide rings is 1. The first-order valence-corrected chi connectivity index (χ1v) is 16.5. The molecule has 6 atom stereocenters. The summed E-state index contributed by atoms with van der Waals surface area (Å²) in [4.78, 5) is 12.9. The first-order chi connectivity index (χ1) is 16.1. The molecule has 6 heteroatoms. The van der Waals surface area contributed by atoms with Crippen molar-refractivity contribution in [2.75, 3.05) is 0 Å². The van der Waals surface area contributed by atoms with Crippen LogP contribution in [0.5, 0.6) is 11.5 Å². The van der Waals surface area contributed by atoms with Crippen molar-refractivity contribution in [1.29, 1.82) is 0 Å². The number of fused-ring (bicyclic) bond motifs is 4. The first kappa shape index (κ1) is 23.8. The van der Waals surface area contributed by atoms with Gasteiger partial charge in [0, 0.05) is 40.8 Å². The van der Waals surface area contributed by atoms with E-state index in [0.717, 1.165) is 35.5 Å². The molecule has 1 amide bonds.